The lowest BCUT2D eigenvalue weighted by molar-refractivity contribution is 0.203. The van der Waals surface area contributed by atoms with Crippen molar-refractivity contribution < 1.29 is 9.47 Å². The van der Waals surface area contributed by atoms with E-state index in [0.717, 1.165) is 71.7 Å². The van der Waals surface area contributed by atoms with Crippen molar-refractivity contribution in [1.29, 1.82) is 0 Å². The fourth-order valence-corrected chi connectivity index (χ4v) is 6.10. The van der Waals surface area contributed by atoms with Gasteiger partial charge in [0.1, 0.15) is 16.5 Å². The molecule has 186 valence electrons. The number of likely N-dealkylation sites (tertiary alicyclic amines) is 1. The van der Waals surface area contributed by atoms with E-state index in [9.17, 15) is 0 Å². The highest BCUT2D eigenvalue weighted by molar-refractivity contribution is 8.23. The third kappa shape index (κ3) is 6.43. The number of methoxy groups -OCH3 is 1. The van der Waals surface area contributed by atoms with Crippen LogP contribution in [0.3, 0.4) is 0 Å². The molecule has 0 spiro atoms. The zero-order valence-electron chi connectivity index (χ0n) is 20.7. The van der Waals surface area contributed by atoms with Crippen LogP contribution in [0.1, 0.15) is 39.5 Å². The summed E-state index contributed by atoms with van der Waals surface area (Å²) in [7, 11) is 1.69. The SMILES string of the molecule is COc1cc2c(N3CCN(C(=S)SC(C)C)CC3)ncnc2cc1OCCCN1CCCCC1. The van der Waals surface area contributed by atoms with Gasteiger partial charge in [-0.3, -0.25) is 0 Å². The van der Waals surface area contributed by atoms with E-state index in [1.165, 1.54) is 32.4 Å². The van der Waals surface area contributed by atoms with Crippen molar-refractivity contribution in [2.24, 2.45) is 0 Å². The maximum absolute atomic E-state index is 6.14. The van der Waals surface area contributed by atoms with Crippen molar-refractivity contribution in [2.45, 2.75) is 44.8 Å². The summed E-state index contributed by atoms with van der Waals surface area (Å²) >= 11 is 7.39. The zero-order chi connectivity index (χ0) is 23.9. The Kier molecular flexibility index (Phi) is 9.08. The molecule has 0 unspecified atom stereocenters. The molecule has 0 atom stereocenters. The summed E-state index contributed by atoms with van der Waals surface area (Å²) in [6.45, 7) is 12.1. The van der Waals surface area contributed by atoms with E-state index < -0.39 is 0 Å². The Morgan fingerprint density at radius 1 is 1.03 bits per heavy atom. The molecule has 7 nitrogen and oxygen atoms in total. The predicted octanol–water partition coefficient (Wildman–Crippen LogP) is 4.44. The minimum Gasteiger partial charge on any atom is -0.493 e. The van der Waals surface area contributed by atoms with E-state index in [1.807, 2.05) is 12.1 Å². The minimum absolute atomic E-state index is 0.505. The summed E-state index contributed by atoms with van der Waals surface area (Å²) < 4.78 is 12.8. The lowest BCUT2D eigenvalue weighted by Gasteiger charge is -2.37. The number of fused-ring (bicyclic) bond motifs is 1. The molecule has 4 rings (SSSR count). The Bertz CT molecular complexity index is 960. The van der Waals surface area contributed by atoms with Crippen LogP contribution in [0.2, 0.25) is 0 Å². The summed E-state index contributed by atoms with van der Waals surface area (Å²) in [4.78, 5) is 16.3. The molecule has 2 aromatic rings. The van der Waals surface area contributed by atoms with Crippen molar-refractivity contribution in [3.8, 4) is 11.5 Å². The number of piperazine rings is 1. The van der Waals surface area contributed by atoms with Crippen LogP contribution in [0, 0.1) is 0 Å². The maximum Gasteiger partial charge on any atom is 0.163 e. The number of ether oxygens (including phenoxy) is 2. The Morgan fingerprint density at radius 3 is 2.50 bits per heavy atom. The monoisotopic (exact) mass is 503 g/mol. The van der Waals surface area contributed by atoms with Crippen LogP contribution in [0.5, 0.6) is 11.5 Å². The van der Waals surface area contributed by atoms with E-state index >= 15 is 0 Å². The maximum atomic E-state index is 6.14. The molecule has 2 fully saturated rings. The molecular weight excluding hydrogens is 466 g/mol. The van der Waals surface area contributed by atoms with Crippen molar-refractivity contribution >= 4 is 45.0 Å². The van der Waals surface area contributed by atoms with Gasteiger partial charge in [0.2, 0.25) is 0 Å². The van der Waals surface area contributed by atoms with Crippen LogP contribution >= 0.6 is 24.0 Å². The largest absolute Gasteiger partial charge is 0.493 e. The van der Waals surface area contributed by atoms with E-state index in [-0.39, 0.29) is 0 Å². The number of piperidine rings is 1. The molecule has 0 amide bonds. The minimum atomic E-state index is 0.505. The molecule has 0 saturated carbocycles. The predicted molar refractivity (Wildman–Crippen MR) is 146 cm³/mol. The Balaban J connectivity index is 1.41. The van der Waals surface area contributed by atoms with Gasteiger partial charge in [0.15, 0.2) is 11.5 Å². The summed E-state index contributed by atoms with van der Waals surface area (Å²) in [6, 6.07) is 4.02. The van der Waals surface area contributed by atoms with E-state index in [1.54, 1.807) is 25.2 Å². The second-order valence-electron chi connectivity index (χ2n) is 9.23. The van der Waals surface area contributed by atoms with Crippen LogP contribution in [-0.4, -0.2) is 88.9 Å². The molecule has 1 aromatic heterocycles. The summed E-state index contributed by atoms with van der Waals surface area (Å²) in [5.74, 6) is 2.43. The number of aromatic nitrogens is 2. The molecule has 0 aliphatic carbocycles. The van der Waals surface area contributed by atoms with Crippen LogP contribution in [0.25, 0.3) is 10.9 Å². The number of thiocarbonyl (C=S) groups is 1. The number of hydrogen-bond donors (Lipinski definition) is 0. The molecule has 2 aliphatic heterocycles. The van der Waals surface area contributed by atoms with Gasteiger partial charge in [-0.15, -0.1) is 0 Å². The summed E-state index contributed by atoms with van der Waals surface area (Å²) in [5.41, 5.74) is 0.880. The second-order valence-corrected chi connectivity index (χ2v) is 11.4. The molecule has 2 saturated heterocycles. The Hall–Kier alpha value is -1.84. The second kappa shape index (κ2) is 12.2. The molecule has 0 radical (unpaired) electrons. The molecule has 3 heterocycles. The van der Waals surface area contributed by atoms with E-state index in [4.69, 9.17) is 21.7 Å². The average Bonchev–Trinajstić information content (AvgIpc) is 2.86. The number of rotatable bonds is 8. The number of benzene rings is 1. The van der Waals surface area contributed by atoms with Gasteiger partial charge in [-0.2, -0.15) is 0 Å². The van der Waals surface area contributed by atoms with Crippen molar-refractivity contribution in [2.75, 3.05) is 64.4 Å². The molecule has 1 aromatic carbocycles. The molecule has 9 heteroatoms. The van der Waals surface area contributed by atoms with Gasteiger partial charge in [-0.05, 0) is 38.4 Å². The number of hydrogen-bond acceptors (Lipinski definition) is 8. The van der Waals surface area contributed by atoms with Gasteiger partial charge < -0.3 is 24.2 Å². The van der Waals surface area contributed by atoms with Crippen molar-refractivity contribution in [1.82, 2.24) is 19.8 Å². The normalized spacial score (nSPS) is 17.4. The first-order valence-electron chi connectivity index (χ1n) is 12.4. The van der Waals surface area contributed by atoms with Crippen molar-refractivity contribution in [3.05, 3.63) is 18.5 Å². The molecule has 0 N–H and O–H groups in total. The van der Waals surface area contributed by atoms with Crippen molar-refractivity contribution in [3.63, 3.8) is 0 Å². The number of nitrogens with zero attached hydrogens (tertiary/aromatic N) is 5. The highest BCUT2D eigenvalue weighted by Crippen LogP contribution is 2.35. The molecule has 0 bridgehead atoms. The summed E-state index contributed by atoms with van der Waals surface area (Å²) in [5, 5.41) is 1.50. The number of anilines is 1. The summed E-state index contributed by atoms with van der Waals surface area (Å²) in [6.07, 6.45) is 6.67. The Labute approximate surface area is 213 Å². The fraction of sp³-hybridized carbons (Fsp3) is 0.640. The van der Waals surface area contributed by atoms with Gasteiger partial charge in [0, 0.05) is 49.4 Å². The van der Waals surface area contributed by atoms with Gasteiger partial charge in [0.25, 0.3) is 0 Å². The fourth-order valence-electron chi connectivity index (χ4n) is 4.61. The van der Waals surface area contributed by atoms with Crippen LogP contribution < -0.4 is 14.4 Å². The Morgan fingerprint density at radius 2 is 1.79 bits per heavy atom. The van der Waals surface area contributed by atoms with Crippen LogP contribution in [-0.2, 0) is 0 Å². The third-order valence-corrected chi connectivity index (χ3v) is 7.88. The third-order valence-electron chi connectivity index (χ3n) is 6.40. The van der Waals surface area contributed by atoms with E-state index in [2.05, 4.69) is 38.5 Å². The quantitative estimate of drug-likeness (QED) is 0.384. The first-order valence-corrected chi connectivity index (χ1v) is 13.7. The highest BCUT2D eigenvalue weighted by Gasteiger charge is 2.23. The lowest BCUT2D eigenvalue weighted by atomic mass is 10.1. The topological polar surface area (TPSA) is 54.0 Å². The van der Waals surface area contributed by atoms with Gasteiger partial charge >= 0.3 is 0 Å². The smallest absolute Gasteiger partial charge is 0.163 e. The van der Waals surface area contributed by atoms with Gasteiger partial charge in [0.05, 0.1) is 19.2 Å². The molecular formula is C25H37N5O2S2. The number of thioether (sulfide) groups is 1. The lowest BCUT2D eigenvalue weighted by Crippen LogP contribution is -2.48. The van der Waals surface area contributed by atoms with Gasteiger partial charge in [-0.1, -0.05) is 44.2 Å². The van der Waals surface area contributed by atoms with Crippen LogP contribution in [0.15, 0.2) is 18.5 Å². The highest BCUT2D eigenvalue weighted by atomic mass is 32.2. The van der Waals surface area contributed by atoms with Gasteiger partial charge in [-0.25, -0.2) is 9.97 Å². The first-order chi connectivity index (χ1) is 16.5. The average molecular weight is 504 g/mol. The molecule has 34 heavy (non-hydrogen) atoms. The zero-order valence-corrected chi connectivity index (χ0v) is 22.3. The van der Waals surface area contributed by atoms with E-state index in [0.29, 0.717) is 11.9 Å². The van der Waals surface area contributed by atoms with Crippen LogP contribution in [0.4, 0.5) is 5.82 Å². The first kappa shape index (κ1) is 25.3. The standard InChI is InChI=1S/C25H37N5O2S2/c1-19(2)34-25(33)30-13-11-29(12-14-30)24-20-16-22(31-3)23(17-21(20)26-18-27-24)32-15-7-10-28-8-5-4-6-9-28/h16-19H,4-15H2,1-3H3. The molecule has 2 aliphatic rings.